The van der Waals surface area contributed by atoms with E-state index in [1.54, 1.807) is 4.90 Å². The molecule has 0 aliphatic carbocycles. The molecule has 1 fully saturated rings. The van der Waals surface area contributed by atoms with Gasteiger partial charge in [0.2, 0.25) is 0 Å². The number of thioether (sulfide) groups is 1. The van der Waals surface area contributed by atoms with Gasteiger partial charge in [0.25, 0.3) is 5.91 Å². The maximum absolute atomic E-state index is 13.4. The van der Waals surface area contributed by atoms with Gasteiger partial charge in [-0.05, 0) is 61.4 Å². The van der Waals surface area contributed by atoms with Crippen LogP contribution < -0.4 is 4.74 Å². The van der Waals surface area contributed by atoms with Crippen molar-refractivity contribution in [1.29, 1.82) is 0 Å². The molecule has 1 saturated heterocycles. The van der Waals surface area contributed by atoms with Crippen molar-refractivity contribution in [3.05, 3.63) is 107 Å². The van der Waals surface area contributed by atoms with Gasteiger partial charge in [-0.3, -0.25) is 9.69 Å². The highest BCUT2D eigenvalue weighted by atomic mass is 32.2. The van der Waals surface area contributed by atoms with Gasteiger partial charge in [-0.1, -0.05) is 78.9 Å². The van der Waals surface area contributed by atoms with E-state index >= 15 is 0 Å². The molecule has 37 heavy (non-hydrogen) atoms. The van der Waals surface area contributed by atoms with Crippen LogP contribution >= 0.6 is 24.0 Å². The first-order chi connectivity index (χ1) is 18.0. The van der Waals surface area contributed by atoms with Crippen molar-refractivity contribution in [3.63, 3.8) is 0 Å². The molecular weight excluding hydrogens is 498 g/mol. The molecule has 3 aromatic carbocycles. The van der Waals surface area contributed by atoms with Crippen LogP contribution in [0.25, 0.3) is 23.0 Å². The van der Waals surface area contributed by atoms with Gasteiger partial charge in [0.15, 0.2) is 0 Å². The lowest BCUT2D eigenvalue weighted by Crippen LogP contribution is -2.27. The monoisotopic (exact) mass is 525 g/mol. The average molecular weight is 526 g/mol. The molecule has 0 spiro atoms. The Hall–Kier alpha value is -3.68. The lowest BCUT2D eigenvalue weighted by atomic mass is 10.1. The molecule has 0 unspecified atom stereocenters. The SMILES string of the molecule is CCCOc1ccc(-c2nn(-c3ccccc3)cc2C=C2SC(=S)N(Cc3ccc(C)cc3)C2=O)cc1. The third-order valence-electron chi connectivity index (χ3n) is 5.99. The Kier molecular flexibility index (Phi) is 7.53. The summed E-state index contributed by atoms with van der Waals surface area (Å²) < 4.78 is 8.15. The van der Waals surface area contributed by atoms with Gasteiger partial charge in [-0.2, -0.15) is 5.10 Å². The topological polar surface area (TPSA) is 47.4 Å². The third-order valence-corrected chi connectivity index (χ3v) is 7.36. The molecule has 0 bridgehead atoms. The van der Waals surface area contributed by atoms with E-state index in [1.165, 1.54) is 17.3 Å². The fourth-order valence-electron chi connectivity index (χ4n) is 4.01. The van der Waals surface area contributed by atoms with E-state index in [0.29, 0.717) is 22.4 Å². The zero-order valence-electron chi connectivity index (χ0n) is 20.8. The Bertz CT molecular complexity index is 1440. The zero-order chi connectivity index (χ0) is 25.8. The second-order valence-corrected chi connectivity index (χ2v) is 10.5. The number of para-hydroxylation sites is 1. The number of rotatable bonds is 8. The summed E-state index contributed by atoms with van der Waals surface area (Å²) in [6.07, 6.45) is 4.81. The van der Waals surface area contributed by atoms with Crippen LogP contribution in [0.15, 0.2) is 90.0 Å². The van der Waals surface area contributed by atoms with Gasteiger partial charge in [0.05, 0.1) is 29.4 Å². The summed E-state index contributed by atoms with van der Waals surface area (Å²) in [4.78, 5) is 15.6. The molecule has 5 rings (SSSR count). The number of amides is 1. The number of hydrogen-bond acceptors (Lipinski definition) is 5. The van der Waals surface area contributed by atoms with Crippen molar-refractivity contribution in [2.45, 2.75) is 26.8 Å². The highest BCUT2D eigenvalue weighted by Gasteiger charge is 2.32. The van der Waals surface area contributed by atoms with Gasteiger partial charge in [-0.25, -0.2) is 4.68 Å². The second kappa shape index (κ2) is 11.2. The predicted octanol–water partition coefficient (Wildman–Crippen LogP) is 7.04. The minimum Gasteiger partial charge on any atom is -0.494 e. The molecule has 0 saturated carbocycles. The smallest absolute Gasteiger partial charge is 0.266 e. The van der Waals surface area contributed by atoms with E-state index in [1.807, 2.05) is 103 Å². The number of ether oxygens (including phenoxy) is 1. The lowest BCUT2D eigenvalue weighted by molar-refractivity contribution is -0.122. The number of thiocarbonyl (C=S) groups is 1. The Morgan fingerprint density at radius 1 is 1.00 bits per heavy atom. The molecule has 1 amide bonds. The van der Waals surface area contributed by atoms with Crippen LogP contribution in [0.5, 0.6) is 5.75 Å². The van der Waals surface area contributed by atoms with Crippen molar-refractivity contribution in [2.75, 3.05) is 6.61 Å². The number of nitrogens with zero attached hydrogens (tertiary/aromatic N) is 3. The third kappa shape index (κ3) is 5.68. The van der Waals surface area contributed by atoms with Gasteiger partial charge >= 0.3 is 0 Å². The van der Waals surface area contributed by atoms with Crippen molar-refractivity contribution in [3.8, 4) is 22.7 Å². The summed E-state index contributed by atoms with van der Waals surface area (Å²) in [6, 6.07) is 26.0. The zero-order valence-corrected chi connectivity index (χ0v) is 22.4. The Morgan fingerprint density at radius 3 is 2.43 bits per heavy atom. The van der Waals surface area contributed by atoms with Gasteiger partial charge in [-0.15, -0.1) is 0 Å². The summed E-state index contributed by atoms with van der Waals surface area (Å²) in [5, 5.41) is 4.89. The molecule has 7 heteroatoms. The molecule has 4 aromatic rings. The van der Waals surface area contributed by atoms with Crippen LogP contribution in [-0.4, -0.2) is 31.5 Å². The first-order valence-electron chi connectivity index (χ1n) is 12.2. The standard InChI is InChI=1S/C30H27N3O2S2/c1-3-17-35-26-15-13-23(14-16-26)28-24(20-33(31-28)25-7-5-4-6-8-25)18-27-29(34)32(30(36)37-27)19-22-11-9-21(2)10-12-22/h4-16,18,20H,3,17,19H2,1-2H3. The van der Waals surface area contributed by atoms with Gasteiger partial charge in [0, 0.05) is 17.3 Å². The minimum atomic E-state index is -0.0858. The van der Waals surface area contributed by atoms with E-state index in [2.05, 4.69) is 6.92 Å². The molecule has 2 heterocycles. The maximum atomic E-state index is 13.4. The molecule has 1 aliphatic heterocycles. The molecule has 0 radical (unpaired) electrons. The van der Waals surface area contributed by atoms with Crippen molar-refractivity contribution >= 4 is 40.3 Å². The fraction of sp³-hybridized carbons (Fsp3) is 0.167. The number of carbonyl (C=O) groups excluding carboxylic acids is 1. The van der Waals surface area contributed by atoms with E-state index in [0.717, 1.165) is 40.2 Å². The largest absolute Gasteiger partial charge is 0.494 e. The Labute approximate surface area is 226 Å². The van der Waals surface area contributed by atoms with Crippen LogP contribution in [0.1, 0.15) is 30.0 Å². The Balaban J connectivity index is 1.48. The molecular formula is C30H27N3O2S2. The number of carbonyl (C=O) groups is 1. The number of benzene rings is 3. The number of aryl methyl sites for hydroxylation is 1. The summed E-state index contributed by atoms with van der Waals surface area (Å²) in [5.74, 6) is 0.740. The molecule has 0 atom stereocenters. The molecule has 5 nitrogen and oxygen atoms in total. The van der Waals surface area contributed by atoms with E-state index in [9.17, 15) is 4.79 Å². The molecule has 1 aromatic heterocycles. The lowest BCUT2D eigenvalue weighted by Gasteiger charge is -2.14. The first-order valence-corrected chi connectivity index (χ1v) is 13.4. The average Bonchev–Trinajstić information content (AvgIpc) is 3.46. The normalized spacial score (nSPS) is 14.5. The summed E-state index contributed by atoms with van der Waals surface area (Å²) in [5.41, 5.74) is 5.75. The number of aromatic nitrogens is 2. The minimum absolute atomic E-state index is 0.0858. The van der Waals surface area contributed by atoms with Crippen LogP contribution in [0.3, 0.4) is 0 Å². The molecule has 1 aliphatic rings. The first kappa shape index (κ1) is 25.0. The number of hydrogen-bond donors (Lipinski definition) is 0. The van der Waals surface area contributed by atoms with E-state index in [4.69, 9.17) is 22.1 Å². The quantitative estimate of drug-likeness (QED) is 0.182. The van der Waals surface area contributed by atoms with Crippen molar-refractivity contribution in [2.24, 2.45) is 0 Å². The Morgan fingerprint density at radius 2 is 1.73 bits per heavy atom. The predicted molar refractivity (Wildman–Crippen MR) is 155 cm³/mol. The molecule has 186 valence electrons. The summed E-state index contributed by atoms with van der Waals surface area (Å²) in [7, 11) is 0. The van der Waals surface area contributed by atoms with Gasteiger partial charge < -0.3 is 4.74 Å². The van der Waals surface area contributed by atoms with Crippen LogP contribution in [-0.2, 0) is 11.3 Å². The highest BCUT2D eigenvalue weighted by molar-refractivity contribution is 8.26. The maximum Gasteiger partial charge on any atom is 0.266 e. The van der Waals surface area contributed by atoms with Crippen LogP contribution in [0.2, 0.25) is 0 Å². The summed E-state index contributed by atoms with van der Waals surface area (Å²) >= 11 is 6.92. The second-order valence-electron chi connectivity index (χ2n) is 8.84. The van der Waals surface area contributed by atoms with E-state index in [-0.39, 0.29) is 5.91 Å². The van der Waals surface area contributed by atoms with E-state index < -0.39 is 0 Å². The highest BCUT2D eigenvalue weighted by Crippen LogP contribution is 2.36. The van der Waals surface area contributed by atoms with Crippen molar-refractivity contribution < 1.29 is 9.53 Å². The fourth-order valence-corrected chi connectivity index (χ4v) is 5.26. The van der Waals surface area contributed by atoms with Gasteiger partial charge in [0.1, 0.15) is 10.1 Å². The summed E-state index contributed by atoms with van der Waals surface area (Å²) in [6.45, 7) is 5.26. The van der Waals surface area contributed by atoms with Crippen LogP contribution in [0, 0.1) is 6.92 Å². The molecule has 0 N–H and O–H groups in total. The van der Waals surface area contributed by atoms with Crippen molar-refractivity contribution in [1.82, 2.24) is 14.7 Å². The van der Waals surface area contributed by atoms with Crippen LogP contribution in [0.4, 0.5) is 0 Å².